The molecule has 0 amide bonds. The minimum atomic E-state index is 0.344. The second-order valence-electron chi connectivity index (χ2n) is 8.53. The SMILES string of the molecule is C[C@@H]1[C@H]2Cc3ccccc3[C@]1(C)CCN2CCc1c[nH]c2ccccc12. The number of H-pyrrole nitrogens is 1. The van der Waals surface area contributed by atoms with E-state index >= 15 is 0 Å². The summed E-state index contributed by atoms with van der Waals surface area (Å²) in [5.74, 6) is 0.717. The summed E-state index contributed by atoms with van der Waals surface area (Å²) in [6, 6.07) is 18.5. The maximum Gasteiger partial charge on any atom is 0.0456 e. The summed E-state index contributed by atoms with van der Waals surface area (Å²) >= 11 is 0. The maximum absolute atomic E-state index is 3.43. The largest absolute Gasteiger partial charge is 0.361 e. The van der Waals surface area contributed by atoms with Crippen molar-refractivity contribution in [1.29, 1.82) is 0 Å². The van der Waals surface area contributed by atoms with Crippen LogP contribution in [0.25, 0.3) is 10.9 Å². The van der Waals surface area contributed by atoms with Crippen LogP contribution in [0.1, 0.15) is 37.0 Å². The van der Waals surface area contributed by atoms with Crippen LogP contribution in [0.3, 0.4) is 0 Å². The number of piperidine rings is 1. The average Bonchev–Trinajstić information content (AvgIpc) is 3.07. The number of benzene rings is 2. The molecule has 1 aliphatic carbocycles. The predicted molar refractivity (Wildman–Crippen MR) is 109 cm³/mol. The first-order valence-electron chi connectivity index (χ1n) is 10.0. The van der Waals surface area contributed by atoms with Crippen molar-refractivity contribution in [1.82, 2.24) is 9.88 Å². The van der Waals surface area contributed by atoms with Gasteiger partial charge in [0.1, 0.15) is 0 Å². The number of rotatable bonds is 3. The lowest BCUT2D eigenvalue weighted by molar-refractivity contribution is 0.0324. The second-order valence-corrected chi connectivity index (χ2v) is 8.53. The highest BCUT2D eigenvalue weighted by atomic mass is 15.2. The van der Waals surface area contributed by atoms with Crippen LogP contribution >= 0.6 is 0 Å². The number of nitrogens with one attached hydrogen (secondary N) is 1. The number of fused-ring (bicyclic) bond motifs is 5. The molecule has 0 spiro atoms. The first kappa shape index (κ1) is 16.1. The summed E-state index contributed by atoms with van der Waals surface area (Å²) in [7, 11) is 0. The van der Waals surface area contributed by atoms with E-state index in [2.05, 4.69) is 78.5 Å². The van der Waals surface area contributed by atoms with Gasteiger partial charge in [0.15, 0.2) is 0 Å². The summed E-state index contributed by atoms with van der Waals surface area (Å²) in [4.78, 5) is 6.20. The molecule has 0 unspecified atom stereocenters. The Bertz CT molecular complexity index is 940. The molecule has 2 heteroatoms. The topological polar surface area (TPSA) is 19.0 Å². The molecular weight excluding hydrogens is 316 g/mol. The lowest BCUT2D eigenvalue weighted by Gasteiger charge is -2.54. The summed E-state index contributed by atoms with van der Waals surface area (Å²) in [6.45, 7) is 7.37. The fourth-order valence-corrected chi connectivity index (χ4v) is 5.56. The van der Waals surface area contributed by atoms with Crippen LogP contribution in [0.5, 0.6) is 0 Å². The molecule has 5 rings (SSSR count). The Labute approximate surface area is 156 Å². The first-order chi connectivity index (χ1) is 12.7. The van der Waals surface area contributed by atoms with Crippen molar-refractivity contribution in [3.63, 3.8) is 0 Å². The van der Waals surface area contributed by atoms with E-state index in [4.69, 9.17) is 0 Å². The van der Waals surface area contributed by atoms with Crippen LogP contribution in [-0.2, 0) is 18.3 Å². The van der Waals surface area contributed by atoms with Crippen LogP contribution in [0.4, 0.5) is 0 Å². The van der Waals surface area contributed by atoms with E-state index in [-0.39, 0.29) is 0 Å². The van der Waals surface area contributed by atoms with Gasteiger partial charge in [-0.05, 0) is 59.9 Å². The van der Waals surface area contributed by atoms with Crippen molar-refractivity contribution < 1.29 is 0 Å². The van der Waals surface area contributed by atoms with Crippen LogP contribution < -0.4 is 0 Å². The fraction of sp³-hybridized carbons (Fsp3) is 0.417. The number of hydrogen-bond acceptors (Lipinski definition) is 1. The monoisotopic (exact) mass is 344 g/mol. The highest BCUT2D eigenvalue weighted by Gasteiger charge is 2.47. The van der Waals surface area contributed by atoms with Crippen molar-refractivity contribution >= 4 is 10.9 Å². The van der Waals surface area contributed by atoms with Gasteiger partial charge in [-0.1, -0.05) is 56.3 Å². The third kappa shape index (κ3) is 2.35. The third-order valence-corrected chi connectivity index (χ3v) is 7.37. The zero-order valence-electron chi connectivity index (χ0n) is 15.8. The van der Waals surface area contributed by atoms with Crippen molar-refractivity contribution in [3.8, 4) is 0 Å². The van der Waals surface area contributed by atoms with Gasteiger partial charge in [-0.2, -0.15) is 0 Å². The van der Waals surface area contributed by atoms with E-state index in [1.807, 2.05) is 0 Å². The zero-order chi connectivity index (χ0) is 17.7. The molecule has 1 N–H and O–H groups in total. The minimum Gasteiger partial charge on any atom is -0.361 e. The highest BCUT2D eigenvalue weighted by Crippen LogP contribution is 2.48. The van der Waals surface area contributed by atoms with Crippen LogP contribution in [0.2, 0.25) is 0 Å². The summed E-state index contributed by atoms with van der Waals surface area (Å²) < 4.78 is 0. The molecule has 2 nitrogen and oxygen atoms in total. The Kier molecular flexibility index (Phi) is 3.72. The third-order valence-electron chi connectivity index (χ3n) is 7.37. The quantitative estimate of drug-likeness (QED) is 0.713. The van der Waals surface area contributed by atoms with Gasteiger partial charge in [-0.25, -0.2) is 0 Å². The summed E-state index contributed by atoms with van der Waals surface area (Å²) in [6.07, 6.45) is 5.82. The van der Waals surface area contributed by atoms with Crippen LogP contribution in [0.15, 0.2) is 54.7 Å². The molecule has 2 aromatic carbocycles. The molecular formula is C24H28N2. The number of para-hydroxylation sites is 1. The molecule has 0 saturated carbocycles. The van der Waals surface area contributed by atoms with E-state index in [0.29, 0.717) is 17.4 Å². The number of hydrogen-bond donors (Lipinski definition) is 1. The van der Waals surface area contributed by atoms with Gasteiger partial charge in [0, 0.05) is 29.7 Å². The Morgan fingerprint density at radius 1 is 1.12 bits per heavy atom. The van der Waals surface area contributed by atoms with E-state index in [1.165, 1.54) is 35.9 Å². The van der Waals surface area contributed by atoms with E-state index in [9.17, 15) is 0 Å². The standard InChI is InChI=1S/C24H28N2/c1-17-23-15-18-7-3-5-9-21(18)24(17,2)12-14-26(23)13-11-19-16-25-22-10-6-4-8-20(19)22/h3-10,16-17,23,25H,11-15H2,1-2H3/t17-,23-,24-/m1/s1. The fourth-order valence-electron chi connectivity index (χ4n) is 5.56. The van der Waals surface area contributed by atoms with Crippen molar-refractivity contribution in [2.75, 3.05) is 13.1 Å². The van der Waals surface area contributed by atoms with E-state index in [1.54, 1.807) is 11.1 Å². The molecule has 1 saturated heterocycles. The second kappa shape index (κ2) is 5.99. The molecule has 0 radical (unpaired) electrons. The van der Waals surface area contributed by atoms with Crippen LogP contribution in [0, 0.1) is 5.92 Å². The molecule has 134 valence electrons. The first-order valence-corrected chi connectivity index (χ1v) is 10.0. The molecule has 2 aliphatic rings. The van der Waals surface area contributed by atoms with Gasteiger partial charge in [0.2, 0.25) is 0 Å². The normalized spacial score (nSPS) is 28.2. The molecule has 2 bridgehead atoms. The maximum atomic E-state index is 3.43. The van der Waals surface area contributed by atoms with Gasteiger partial charge in [0.25, 0.3) is 0 Å². The van der Waals surface area contributed by atoms with Crippen molar-refractivity contribution in [2.24, 2.45) is 5.92 Å². The van der Waals surface area contributed by atoms with E-state index in [0.717, 1.165) is 13.0 Å². The molecule has 1 aromatic heterocycles. The molecule has 3 atom stereocenters. The molecule has 26 heavy (non-hydrogen) atoms. The van der Waals surface area contributed by atoms with Gasteiger partial charge in [-0.3, -0.25) is 4.90 Å². The smallest absolute Gasteiger partial charge is 0.0456 e. The van der Waals surface area contributed by atoms with Crippen LogP contribution in [-0.4, -0.2) is 29.0 Å². The number of aromatic nitrogens is 1. The highest BCUT2D eigenvalue weighted by molar-refractivity contribution is 5.83. The zero-order valence-corrected chi connectivity index (χ0v) is 15.8. The molecule has 3 aromatic rings. The molecule has 1 aliphatic heterocycles. The number of nitrogens with zero attached hydrogens (tertiary/aromatic N) is 1. The minimum absolute atomic E-state index is 0.344. The Hall–Kier alpha value is -2.06. The molecule has 1 fully saturated rings. The number of aromatic amines is 1. The van der Waals surface area contributed by atoms with E-state index < -0.39 is 0 Å². The van der Waals surface area contributed by atoms with Crippen molar-refractivity contribution in [3.05, 3.63) is 71.4 Å². The Balaban J connectivity index is 1.39. The lowest BCUT2D eigenvalue weighted by Crippen LogP contribution is -2.58. The lowest BCUT2D eigenvalue weighted by atomic mass is 9.59. The number of likely N-dealkylation sites (tertiary alicyclic amines) is 1. The summed E-state index contributed by atoms with van der Waals surface area (Å²) in [5, 5.41) is 1.39. The van der Waals surface area contributed by atoms with Crippen molar-refractivity contribution in [2.45, 2.75) is 44.6 Å². The van der Waals surface area contributed by atoms with Gasteiger partial charge in [0.05, 0.1) is 0 Å². The molecule has 2 heterocycles. The Morgan fingerprint density at radius 3 is 2.85 bits per heavy atom. The average molecular weight is 345 g/mol. The Morgan fingerprint density at radius 2 is 1.92 bits per heavy atom. The van der Waals surface area contributed by atoms with Gasteiger partial charge in [-0.15, -0.1) is 0 Å². The van der Waals surface area contributed by atoms with Gasteiger partial charge >= 0.3 is 0 Å². The summed E-state index contributed by atoms with van der Waals surface area (Å²) in [5.41, 5.74) is 6.25. The van der Waals surface area contributed by atoms with Gasteiger partial charge < -0.3 is 4.98 Å². The predicted octanol–water partition coefficient (Wildman–Crippen LogP) is 4.93.